The van der Waals surface area contributed by atoms with Crippen molar-refractivity contribution >= 4 is 5.57 Å². The molecule has 0 aliphatic carbocycles. The van der Waals surface area contributed by atoms with E-state index in [2.05, 4.69) is 69.8 Å². The van der Waals surface area contributed by atoms with E-state index < -0.39 is 0 Å². The van der Waals surface area contributed by atoms with Crippen molar-refractivity contribution in [2.24, 2.45) is 0 Å². The zero-order chi connectivity index (χ0) is 14.5. The van der Waals surface area contributed by atoms with Crippen molar-refractivity contribution in [3.05, 3.63) is 76.9 Å². The SMILES string of the molecule is C=C(C)c1cc(C)cc(Cc2ccc(CCC)cc2)c1. The average molecular weight is 264 g/mol. The molecule has 2 rings (SSSR count). The number of hydrogen-bond donors (Lipinski definition) is 0. The van der Waals surface area contributed by atoms with Gasteiger partial charge >= 0.3 is 0 Å². The predicted molar refractivity (Wildman–Crippen MR) is 89.1 cm³/mol. The second-order valence-electron chi connectivity index (χ2n) is 5.73. The number of allylic oxidation sites excluding steroid dienone is 1. The maximum absolute atomic E-state index is 4.05. The summed E-state index contributed by atoms with van der Waals surface area (Å²) in [5.41, 5.74) is 7.87. The molecule has 0 saturated heterocycles. The first kappa shape index (κ1) is 14.6. The minimum Gasteiger partial charge on any atom is -0.0955 e. The lowest BCUT2D eigenvalue weighted by Crippen LogP contribution is -1.92. The summed E-state index contributed by atoms with van der Waals surface area (Å²) < 4.78 is 0. The van der Waals surface area contributed by atoms with Crippen LogP contribution in [0.4, 0.5) is 0 Å². The molecule has 0 nitrogen and oxygen atoms in total. The molecule has 0 N–H and O–H groups in total. The molecule has 0 atom stereocenters. The molecule has 2 aromatic rings. The van der Waals surface area contributed by atoms with Crippen LogP contribution in [0.5, 0.6) is 0 Å². The van der Waals surface area contributed by atoms with Crippen LogP contribution < -0.4 is 0 Å². The van der Waals surface area contributed by atoms with Gasteiger partial charge in [-0.05, 0) is 48.9 Å². The zero-order valence-electron chi connectivity index (χ0n) is 12.9. The molecular formula is C20H24. The van der Waals surface area contributed by atoms with E-state index in [-0.39, 0.29) is 0 Å². The second kappa shape index (κ2) is 6.56. The Hall–Kier alpha value is -1.82. The second-order valence-corrected chi connectivity index (χ2v) is 5.73. The predicted octanol–water partition coefficient (Wildman–Crippen LogP) is 5.57. The van der Waals surface area contributed by atoms with Crippen molar-refractivity contribution in [2.45, 2.75) is 40.0 Å². The Labute approximate surface area is 123 Å². The number of aryl methyl sites for hydroxylation is 2. The Morgan fingerprint density at radius 2 is 1.60 bits per heavy atom. The van der Waals surface area contributed by atoms with Crippen LogP contribution in [-0.2, 0) is 12.8 Å². The Kier molecular flexibility index (Phi) is 4.79. The van der Waals surface area contributed by atoms with E-state index in [0.717, 1.165) is 12.0 Å². The first-order valence-corrected chi connectivity index (χ1v) is 7.42. The fourth-order valence-corrected chi connectivity index (χ4v) is 2.56. The van der Waals surface area contributed by atoms with Crippen LogP contribution in [-0.4, -0.2) is 0 Å². The summed E-state index contributed by atoms with van der Waals surface area (Å²) in [4.78, 5) is 0. The van der Waals surface area contributed by atoms with Gasteiger partial charge in [0.2, 0.25) is 0 Å². The first-order chi connectivity index (χ1) is 9.58. The van der Waals surface area contributed by atoms with Gasteiger partial charge in [-0.3, -0.25) is 0 Å². The normalized spacial score (nSPS) is 10.6. The number of benzene rings is 2. The minimum absolute atomic E-state index is 0.994. The van der Waals surface area contributed by atoms with E-state index >= 15 is 0 Å². The van der Waals surface area contributed by atoms with Crippen LogP contribution in [0.15, 0.2) is 49.0 Å². The zero-order valence-corrected chi connectivity index (χ0v) is 12.9. The van der Waals surface area contributed by atoms with Gasteiger partial charge in [0.05, 0.1) is 0 Å². The molecule has 20 heavy (non-hydrogen) atoms. The van der Waals surface area contributed by atoms with Crippen molar-refractivity contribution in [2.75, 3.05) is 0 Å². The summed E-state index contributed by atoms with van der Waals surface area (Å²) in [5.74, 6) is 0. The van der Waals surface area contributed by atoms with Crippen molar-refractivity contribution in [3.8, 4) is 0 Å². The van der Waals surface area contributed by atoms with E-state index in [1.807, 2.05) is 0 Å². The molecule has 0 heterocycles. The summed E-state index contributed by atoms with van der Waals surface area (Å²) in [7, 11) is 0. The topological polar surface area (TPSA) is 0 Å². The summed E-state index contributed by atoms with van der Waals surface area (Å²) in [6.07, 6.45) is 3.37. The van der Waals surface area contributed by atoms with Crippen LogP contribution in [0.3, 0.4) is 0 Å². The van der Waals surface area contributed by atoms with Crippen molar-refractivity contribution in [1.82, 2.24) is 0 Å². The third kappa shape index (κ3) is 3.84. The van der Waals surface area contributed by atoms with E-state index in [1.165, 1.54) is 40.7 Å². The summed E-state index contributed by atoms with van der Waals surface area (Å²) in [6.45, 7) is 10.5. The maximum atomic E-state index is 4.05. The van der Waals surface area contributed by atoms with Crippen molar-refractivity contribution in [1.29, 1.82) is 0 Å². The molecule has 0 aromatic heterocycles. The van der Waals surface area contributed by atoms with Gasteiger partial charge in [0.25, 0.3) is 0 Å². The lowest BCUT2D eigenvalue weighted by Gasteiger charge is -2.08. The Bertz CT molecular complexity index is 588. The van der Waals surface area contributed by atoms with Gasteiger partial charge in [-0.2, -0.15) is 0 Å². The highest BCUT2D eigenvalue weighted by atomic mass is 14.1. The van der Waals surface area contributed by atoms with Crippen LogP contribution in [0.25, 0.3) is 5.57 Å². The lowest BCUT2D eigenvalue weighted by molar-refractivity contribution is 0.920. The monoisotopic (exact) mass is 264 g/mol. The molecule has 0 heteroatoms. The molecule has 0 bridgehead atoms. The van der Waals surface area contributed by atoms with Gasteiger partial charge in [0, 0.05) is 0 Å². The van der Waals surface area contributed by atoms with Crippen LogP contribution >= 0.6 is 0 Å². The standard InChI is InChI=1S/C20H24/c1-5-6-17-7-9-18(10-8-17)13-19-11-16(4)12-20(14-19)15(2)3/h7-12,14H,2,5-6,13H2,1,3-4H3. The smallest absolute Gasteiger partial charge is 0.00255 e. The molecule has 0 radical (unpaired) electrons. The highest BCUT2D eigenvalue weighted by Crippen LogP contribution is 2.19. The molecular weight excluding hydrogens is 240 g/mol. The average Bonchev–Trinajstić information content (AvgIpc) is 2.40. The van der Waals surface area contributed by atoms with E-state index in [9.17, 15) is 0 Å². The minimum atomic E-state index is 0.994. The van der Waals surface area contributed by atoms with E-state index in [1.54, 1.807) is 0 Å². The highest BCUT2D eigenvalue weighted by Gasteiger charge is 2.02. The Morgan fingerprint density at radius 3 is 2.20 bits per heavy atom. The van der Waals surface area contributed by atoms with Crippen molar-refractivity contribution in [3.63, 3.8) is 0 Å². The molecule has 0 aliphatic heterocycles. The molecule has 0 unspecified atom stereocenters. The molecule has 2 aromatic carbocycles. The third-order valence-corrected chi connectivity index (χ3v) is 3.60. The summed E-state index contributed by atoms with van der Waals surface area (Å²) >= 11 is 0. The number of rotatable bonds is 5. The van der Waals surface area contributed by atoms with E-state index in [0.29, 0.717) is 0 Å². The van der Waals surface area contributed by atoms with Gasteiger partial charge in [-0.25, -0.2) is 0 Å². The fourth-order valence-electron chi connectivity index (χ4n) is 2.56. The van der Waals surface area contributed by atoms with Gasteiger partial charge in [0.15, 0.2) is 0 Å². The fraction of sp³-hybridized carbons (Fsp3) is 0.300. The summed E-state index contributed by atoms with van der Waals surface area (Å²) in [5, 5.41) is 0. The van der Waals surface area contributed by atoms with E-state index in [4.69, 9.17) is 0 Å². The molecule has 0 spiro atoms. The molecule has 104 valence electrons. The largest absolute Gasteiger partial charge is 0.0955 e. The lowest BCUT2D eigenvalue weighted by atomic mass is 9.97. The van der Waals surface area contributed by atoms with Gasteiger partial charge in [-0.15, -0.1) is 0 Å². The molecule has 0 fully saturated rings. The summed E-state index contributed by atoms with van der Waals surface area (Å²) in [6, 6.07) is 15.8. The van der Waals surface area contributed by atoms with Crippen molar-refractivity contribution < 1.29 is 0 Å². The molecule has 0 aliphatic rings. The molecule has 0 amide bonds. The van der Waals surface area contributed by atoms with Gasteiger partial charge < -0.3 is 0 Å². The van der Waals surface area contributed by atoms with Crippen LogP contribution in [0, 0.1) is 6.92 Å². The van der Waals surface area contributed by atoms with Gasteiger partial charge in [-0.1, -0.05) is 73.5 Å². The maximum Gasteiger partial charge on any atom is -0.00255 e. The first-order valence-electron chi connectivity index (χ1n) is 7.42. The number of hydrogen-bond acceptors (Lipinski definition) is 0. The Balaban J connectivity index is 2.19. The molecule has 0 saturated carbocycles. The third-order valence-electron chi connectivity index (χ3n) is 3.60. The highest BCUT2D eigenvalue weighted by molar-refractivity contribution is 5.62. The van der Waals surface area contributed by atoms with Gasteiger partial charge in [0.1, 0.15) is 0 Å². The quantitative estimate of drug-likeness (QED) is 0.662. The Morgan fingerprint density at radius 1 is 0.950 bits per heavy atom. The van der Waals surface area contributed by atoms with Crippen LogP contribution in [0.1, 0.15) is 48.1 Å². The van der Waals surface area contributed by atoms with Crippen LogP contribution in [0.2, 0.25) is 0 Å².